The Morgan fingerprint density at radius 1 is 1.53 bits per heavy atom. The van der Waals surface area contributed by atoms with E-state index >= 15 is 0 Å². The maximum atomic E-state index is 13.8. The van der Waals surface area contributed by atoms with Crippen molar-refractivity contribution in [2.24, 2.45) is 5.92 Å². The Balaban J connectivity index is 2.10. The van der Waals surface area contributed by atoms with Crippen LogP contribution in [0.1, 0.15) is 24.7 Å². The summed E-state index contributed by atoms with van der Waals surface area (Å²) in [5.74, 6) is 0.138. The smallest absolute Gasteiger partial charge is 0.157 e. The summed E-state index contributed by atoms with van der Waals surface area (Å²) >= 11 is 5.97. The van der Waals surface area contributed by atoms with E-state index in [1.54, 1.807) is 18.3 Å². The number of halogens is 2. The molecule has 2 aromatic heterocycles. The molecule has 0 aromatic carbocycles. The number of nitrogens with zero attached hydrogens (tertiary/aromatic N) is 3. The van der Waals surface area contributed by atoms with Crippen LogP contribution < -0.4 is 0 Å². The zero-order valence-corrected chi connectivity index (χ0v) is 8.65. The largest absolute Gasteiger partial charge is 0.240 e. The third-order valence-electron chi connectivity index (χ3n) is 2.65. The van der Waals surface area contributed by atoms with Crippen molar-refractivity contribution in [3.8, 4) is 0 Å². The fraction of sp³-hybridized carbons (Fsp3) is 0.400. The summed E-state index contributed by atoms with van der Waals surface area (Å²) in [6.45, 7) is 0. The highest BCUT2D eigenvalue weighted by Gasteiger charge is 2.33. The fourth-order valence-electron chi connectivity index (χ4n) is 1.67. The van der Waals surface area contributed by atoms with Gasteiger partial charge in [0.1, 0.15) is 11.3 Å². The average molecular weight is 226 g/mol. The average Bonchev–Trinajstić information content (AvgIpc) is 2.96. The molecule has 2 heterocycles. The van der Waals surface area contributed by atoms with Crippen LogP contribution in [0, 0.1) is 5.92 Å². The quantitative estimate of drug-likeness (QED) is 0.736. The van der Waals surface area contributed by atoms with E-state index in [0.29, 0.717) is 16.5 Å². The molecule has 0 amide bonds. The summed E-state index contributed by atoms with van der Waals surface area (Å²) in [6.07, 6.45) is 2.51. The lowest BCUT2D eigenvalue weighted by molar-refractivity contribution is 0.298. The number of hydrogen-bond donors (Lipinski definition) is 0. The lowest BCUT2D eigenvalue weighted by Gasteiger charge is -2.07. The minimum Gasteiger partial charge on any atom is -0.240 e. The van der Waals surface area contributed by atoms with E-state index < -0.39 is 6.17 Å². The van der Waals surface area contributed by atoms with Crippen molar-refractivity contribution in [1.82, 2.24) is 14.6 Å². The Morgan fingerprint density at radius 3 is 3.07 bits per heavy atom. The van der Waals surface area contributed by atoms with Gasteiger partial charge in [-0.25, -0.2) is 13.9 Å². The van der Waals surface area contributed by atoms with Gasteiger partial charge in [0.25, 0.3) is 0 Å². The van der Waals surface area contributed by atoms with Crippen molar-refractivity contribution in [2.75, 3.05) is 0 Å². The number of aromatic nitrogens is 3. The molecule has 0 spiro atoms. The highest BCUT2D eigenvalue weighted by Crippen LogP contribution is 2.43. The van der Waals surface area contributed by atoms with Crippen LogP contribution in [0.5, 0.6) is 0 Å². The summed E-state index contributed by atoms with van der Waals surface area (Å²) in [5.41, 5.74) is 1.02. The Hall–Kier alpha value is -1.16. The van der Waals surface area contributed by atoms with E-state index in [1.165, 1.54) is 4.52 Å². The molecule has 1 aliphatic carbocycles. The summed E-state index contributed by atoms with van der Waals surface area (Å²) in [6, 6.07) is 3.28. The molecule has 2 aromatic rings. The van der Waals surface area contributed by atoms with Gasteiger partial charge in [-0.15, -0.1) is 0 Å². The number of hydrogen-bond acceptors (Lipinski definition) is 2. The molecule has 3 rings (SSSR count). The van der Waals surface area contributed by atoms with E-state index in [2.05, 4.69) is 10.1 Å². The Morgan fingerprint density at radius 2 is 2.33 bits per heavy atom. The molecule has 15 heavy (non-hydrogen) atoms. The second kappa shape index (κ2) is 3.17. The first-order valence-corrected chi connectivity index (χ1v) is 5.28. The lowest BCUT2D eigenvalue weighted by Crippen LogP contribution is -2.01. The first kappa shape index (κ1) is 9.09. The first-order chi connectivity index (χ1) is 7.25. The maximum Gasteiger partial charge on any atom is 0.157 e. The summed E-state index contributed by atoms with van der Waals surface area (Å²) in [4.78, 5) is 4.20. The first-order valence-electron chi connectivity index (χ1n) is 4.90. The molecule has 5 heteroatoms. The van der Waals surface area contributed by atoms with Gasteiger partial charge in [-0.1, -0.05) is 11.6 Å². The SMILES string of the molecule is FC(c1cc(Cl)n2nccc2n1)C1CC1. The molecule has 1 aliphatic rings. The van der Waals surface area contributed by atoms with Crippen LogP contribution in [0.25, 0.3) is 5.65 Å². The minimum absolute atomic E-state index is 0.138. The molecule has 3 nitrogen and oxygen atoms in total. The Labute approximate surface area is 90.9 Å². The van der Waals surface area contributed by atoms with Crippen LogP contribution in [0.4, 0.5) is 4.39 Å². The van der Waals surface area contributed by atoms with Gasteiger partial charge in [0, 0.05) is 12.1 Å². The van der Waals surface area contributed by atoms with Gasteiger partial charge in [-0.2, -0.15) is 5.10 Å². The second-order valence-electron chi connectivity index (χ2n) is 3.84. The number of alkyl halides is 1. The van der Waals surface area contributed by atoms with Gasteiger partial charge in [0.15, 0.2) is 5.65 Å². The van der Waals surface area contributed by atoms with E-state index in [9.17, 15) is 4.39 Å². The van der Waals surface area contributed by atoms with Crippen molar-refractivity contribution in [1.29, 1.82) is 0 Å². The number of rotatable bonds is 2. The minimum atomic E-state index is -0.984. The predicted molar refractivity (Wildman–Crippen MR) is 54.6 cm³/mol. The van der Waals surface area contributed by atoms with E-state index in [-0.39, 0.29) is 5.92 Å². The molecule has 1 fully saturated rings. The van der Waals surface area contributed by atoms with Crippen molar-refractivity contribution in [3.05, 3.63) is 29.2 Å². The zero-order chi connectivity index (χ0) is 10.4. The molecule has 78 valence electrons. The van der Waals surface area contributed by atoms with Gasteiger partial charge < -0.3 is 0 Å². The standard InChI is InChI=1S/C10H9ClFN3/c11-8-5-7(10(12)6-1-2-6)14-9-3-4-13-15(8)9/h3-6,10H,1-2H2. The molecular weight excluding hydrogens is 217 g/mol. The van der Waals surface area contributed by atoms with E-state index in [1.807, 2.05) is 0 Å². The lowest BCUT2D eigenvalue weighted by atomic mass is 10.2. The molecular formula is C10H9ClFN3. The third kappa shape index (κ3) is 1.49. The van der Waals surface area contributed by atoms with Crippen LogP contribution in [-0.2, 0) is 0 Å². The van der Waals surface area contributed by atoms with Crippen molar-refractivity contribution < 1.29 is 4.39 Å². The highest BCUT2D eigenvalue weighted by atomic mass is 35.5. The van der Waals surface area contributed by atoms with Crippen LogP contribution in [0.15, 0.2) is 18.3 Å². The molecule has 1 atom stereocenters. The van der Waals surface area contributed by atoms with Gasteiger partial charge in [-0.3, -0.25) is 0 Å². The summed E-state index contributed by atoms with van der Waals surface area (Å²) < 4.78 is 15.3. The van der Waals surface area contributed by atoms with E-state index in [0.717, 1.165) is 12.8 Å². The zero-order valence-electron chi connectivity index (χ0n) is 7.90. The van der Waals surface area contributed by atoms with Crippen LogP contribution in [0.2, 0.25) is 5.15 Å². The topological polar surface area (TPSA) is 30.2 Å². The molecule has 0 aliphatic heterocycles. The van der Waals surface area contributed by atoms with Crippen LogP contribution >= 0.6 is 11.6 Å². The van der Waals surface area contributed by atoms with Crippen LogP contribution in [-0.4, -0.2) is 14.6 Å². The van der Waals surface area contributed by atoms with E-state index in [4.69, 9.17) is 11.6 Å². The summed E-state index contributed by atoms with van der Waals surface area (Å²) in [5, 5.41) is 4.38. The van der Waals surface area contributed by atoms with Crippen molar-refractivity contribution in [2.45, 2.75) is 19.0 Å². The Kier molecular flexibility index (Phi) is 1.92. The van der Waals surface area contributed by atoms with Gasteiger partial charge >= 0.3 is 0 Å². The molecule has 0 saturated heterocycles. The second-order valence-corrected chi connectivity index (χ2v) is 4.23. The van der Waals surface area contributed by atoms with Gasteiger partial charge in [0.2, 0.25) is 0 Å². The van der Waals surface area contributed by atoms with Crippen LogP contribution in [0.3, 0.4) is 0 Å². The van der Waals surface area contributed by atoms with Gasteiger partial charge in [-0.05, 0) is 18.8 Å². The Bertz CT molecular complexity index is 506. The molecule has 1 saturated carbocycles. The monoisotopic (exact) mass is 225 g/mol. The van der Waals surface area contributed by atoms with Crippen molar-refractivity contribution >= 4 is 17.2 Å². The van der Waals surface area contributed by atoms with Gasteiger partial charge in [0.05, 0.1) is 11.9 Å². The maximum absolute atomic E-state index is 13.8. The van der Waals surface area contributed by atoms with Crippen molar-refractivity contribution in [3.63, 3.8) is 0 Å². The summed E-state index contributed by atoms with van der Waals surface area (Å²) in [7, 11) is 0. The molecule has 0 bridgehead atoms. The molecule has 1 unspecified atom stereocenters. The number of fused-ring (bicyclic) bond motifs is 1. The molecule has 0 radical (unpaired) electrons. The highest BCUT2D eigenvalue weighted by molar-refractivity contribution is 6.29. The third-order valence-corrected chi connectivity index (χ3v) is 2.92. The fourth-order valence-corrected chi connectivity index (χ4v) is 1.91. The predicted octanol–water partition coefficient (Wildman–Crippen LogP) is 2.80. The molecule has 0 N–H and O–H groups in total. The normalized spacial score (nSPS) is 18.3.